The first-order valence-electron chi connectivity index (χ1n) is 6.37. The number of hydrogen-bond donors (Lipinski definition) is 1. The van der Waals surface area contributed by atoms with E-state index < -0.39 is 0 Å². The van der Waals surface area contributed by atoms with Gasteiger partial charge < -0.3 is 10.6 Å². The van der Waals surface area contributed by atoms with Crippen molar-refractivity contribution in [2.45, 2.75) is 39.2 Å². The first-order valence-corrected chi connectivity index (χ1v) is 7.15. The van der Waals surface area contributed by atoms with E-state index in [1.54, 1.807) is 0 Å². The van der Waals surface area contributed by atoms with E-state index in [0.717, 1.165) is 18.7 Å². The van der Waals surface area contributed by atoms with Crippen LogP contribution in [0.25, 0.3) is 0 Å². The lowest BCUT2D eigenvalue weighted by Gasteiger charge is -2.34. The fourth-order valence-corrected chi connectivity index (χ4v) is 2.94. The number of carbonyl (C=O) groups is 1. The predicted molar refractivity (Wildman–Crippen MR) is 71.7 cm³/mol. The van der Waals surface area contributed by atoms with E-state index in [2.05, 4.69) is 16.5 Å². The van der Waals surface area contributed by atoms with Gasteiger partial charge in [-0.3, -0.25) is 4.79 Å². The van der Waals surface area contributed by atoms with E-state index in [4.69, 9.17) is 5.73 Å². The van der Waals surface area contributed by atoms with Gasteiger partial charge in [-0.25, -0.2) is 0 Å². The number of amides is 1. The quantitative estimate of drug-likeness (QED) is 0.881. The third-order valence-electron chi connectivity index (χ3n) is 3.56. The monoisotopic (exact) mass is 268 g/mol. The fourth-order valence-electron chi connectivity index (χ4n) is 2.15. The van der Waals surface area contributed by atoms with Gasteiger partial charge in [0.1, 0.15) is 4.88 Å². The SMILES string of the molecule is CC(C)c1nnsc1C(=O)N1CCC(C)C(N)C1. The number of likely N-dealkylation sites (tertiary alicyclic amines) is 1. The van der Waals surface area contributed by atoms with Crippen molar-refractivity contribution in [3.05, 3.63) is 10.6 Å². The van der Waals surface area contributed by atoms with Crippen LogP contribution in [0.5, 0.6) is 0 Å². The minimum absolute atomic E-state index is 0.0380. The maximum atomic E-state index is 12.4. The first-order chi connectivity index (χ1) is 8.50. The number of rotatable bonds is 2. The molecule has 0 aliphatic carbocycles. The summed E-state index contributed by atoms with van der Waals surface area (Å²) >= 11 is 1.19. The van der Waals surface area contributed by atoms with Crippen LogP contribution in [0.3, 0.4) is 0 Å². The summed E-state index contributed by atoms with van der Waals surface area (Å²) < 4.78 is 3.91. The molecule has 0 spiro atoms. The smallest absolute Gasteiger partial charge is 0.267 e. The highest BCUT2D eigenvalue weighted by Gasteiger charge is 2.29. The van der Waals surface area contributed by atoms with Gasteiger partial charge in [-0.05, 0) is 29.8 Å². The summed E-state index contributed by atoms with van der Waals surface area (Å²) in [6, 6.07) is 0.0751. The largest absolute Gasteiger partial charge is 0.336 e. The number of piperidine rings is 1. The number of carbonyl (C=O) groups excluding carboxylic acids is 1. The van der Waals surface area contributed by atoms with Gasteiger partial charge in [0, 0.05) is 19.1 Å². The van der Waals surface area contributed by atoms with Crippen molar-refractivity contribution < 1.29 is 4.79 Å². The Kier molecular flexibility index (Phi) is 3.97. The van der Waals surface area contributed by atoms with Crippen LogP contribution in [0.2, 0.25) is 0 Å². The molecule has 5 nitrogen and oxygen atoms in total. The second-order valence-corrected chi connectivity index (χ2v) is 6.08. The molecule has 2 N–H and O–H groups in total. The van der Waals surface area contributed by atoms with Crippen molar-refractivity contribution >= 4 is 17.4 Å². The van der Waals surface area contributed by atoms with Crippen LogP contribution in [0.4, 0.5) is 0 Å². The molecule has 0 bridgehead atoms. The van der Waals surface area contributed by atoms with Crippen LogP contribution in [0.1, 0.15) is 48.5 Å². The molecule has 1 aromatic rings. The number of hydrogen-bond acceptors (Lipinski definition) is 5. The number of nitrogens with zero attached hydrogens (tertiary/aromatic N) is 3. The minimum Gasteiger partial charge on any atom is -0.336 e. The Labute approximate surface area is 112 Å². The van der Waals surface area contributed by atoms with E-state index >= 15 is 0 Å². The average Bonchev–Trinajstić information content (AvgIpc) is 2.81. The molecule has 0 saturated carbocycles. The molecule has 100 valence electrons. The van der Waals surface area contributed by atoms with Crippen LogP contribution < -0.4 is 5.73 Å². The van der Waals surface area contributed by atoms with Gasteiger partial charge in [-0.2, -0.15) is 0 Å². The Hall–Kier alpha value is -1.01. The van der Waals surface area contributed by atoms with Crippen LogP contribution in [-0.4, -0.2) is 39.5 Å². The van der Waals surface area contributed by atoms with Crippen molar-refractivity contribution in [2.75, 3.05) is 13.1 Å². The Morgan fingerprint density at radius 1 is 1.56 bits per heavy atom. The molecule has 1 fully saturated rings. The number of nitrogens with two attached hydrogens (primary N) is 1. The molecule has 2 unspecified atom stereocenters. The van der Waals surface area contributed by atoms with Crippen LogP contribution in [0, 0.1) is 5.92 Å². The highest BCUT2D eigenvalue weighted by atomic mass is 32.1. The normalized spacial score (nSPS) is 24.6. The predicted octanol–water partition coefficient (Wildman–Crippen LogP) is 1.47. The molecule has 1 aromatic heterocycles. The van der Waals surface area contributed by atoms with Crippen molar-refractivity contribution in [2.24, 2.45) is 11.7 Å². The van der Waals surface area contributed by atoms with E-state index in [0.29, 0.717) is 17.3 Å². The third-order valence-corrected chi connectivity index (χ3v) is 4.29. The summed E-state index contributed by atoms with van der Waals surface area (Å²) in [4.78, 5) is 15.0. The lowest BCUT2D eigenvalue weighted by atomic mass is 9.94. The van der Waals surface area contributed by atoms with Crippen molar-refractivity contribution in [1.29, 1.82) is 0 Å². The Bertz CT molecular complexity index is 431. The highest BCUT2D eigenvalue weighted by molar-refractivity contribution is 7.08. The van der Waals surface area contributed by atoms with E-state index in [1.165, 1.54) is 11.5 Å². The molecule has 1 aliphatic rings. The lowest BCUT2D eigenvalue weighted by Crippen LogP contribution is -2.49. The van der Waals surface area contributed by atoms with E-state index in [9.17, 15) is 4.79 Å². The highest BCUT2D eigenvalue weighted by Crippen LogP contribution is 2.24. The summed E-state index contributed by atoms with van der Waals surface area (Å²) in [6.45, 7) is 7.61. The summed E-state index contributed by atoms with van der Waals surface area (Å²) in [5.74, 6) is 0.745. The van der Waals surface area contributed by atoms with Gasteiger partial charge in [-0.15, -0.1) is 5.10 Å². The van der Waals surface area contributed by atoms with Gasteiger partial charge in [0.15, 0.2) is 0 Å². The molecule has 1 aliphatic heterocycles. The summed E-state index contributed by atoms with van der Waals surface area (Å²) in [7, 11) is 0. The van der Waals surface area contributed by atoms with Crippen LogP contribution >= 0.6 is 11.5 Å². The fraction of sp³-hybridized carbons (Fsp3) is 0.750. The van der Waals surface area contributed by atoms with Crippen molar-refractivity contribution in [1.82, 2.24) is 14.5 Å². The molecule has 1 amide bonds. The second kappa shape index (κ2) is 5.32. The topological polar surface area (TPSA) is 72.1 Å². The average molecular weight is 268 g/mol. The summed E-state index contributed by atoms with van der Waals surface area (Å²) in [6.07, 6.45) is 0.968. The molecule has 18 heavy (non-hydrogen) atoms. The van der Waals surface area contributed by atoms with Gasteiger partial charge in [0.25, 0.3) is 5.91 Å². The van der Waals surface area contributed by atoms with Crippen molar-refractivity contribution in [3.63, 3.8) is 0 Å². The molecule has 2 atom stereocenters. The zero-order chi connectivity index (χ0) is 13.3. The molecule has 1 saturated heterocycles. The van der Waals surface area contributed by atoms with E-state index in [1.807, 2.05) is 18.7 Å². The zero-order valence-electron chi connectivity index (χ0n) is 11.1. The Morgan fingerprint density at radius 3 is 2.89 bits per heavy atom. The third kappa shape index (κ3) is 2.54. The maximum absolute atomic E-state index is 12.4. The minimum atomic E-state index is 0.0380. The standard InChI is InChI=1S/C12H20N4OS/c1-7(2)10-11(18-15-14-10)12(17)16-5-4-8(3)9(13)6-16/h7-9H,4-6,13H2,1-3H3. The van der Waals surface area contributed by atoms with Gasteiger partial charge in [0.2, 0.25) is 0 Å². The van der Waals surface area contributed by atoms with Gasteiger partial charge in [0.05, 0.1) is 5.69 Å². The first kappa shape index (κ1) is 13.4. The second-order valence-electron chi connectivity index (χ2n) is 5.32. The number of aromatic nitrogens is 2. The molecular weight excluding hydrogens is 248 g/mol. The zero-order valence-corrected chi connectivity index (χ0v) is 11.9. The molecule has 6 heteroatoms. The molecular formula is C12H20N4OS. The Morgan fingerprint density at radius 2 is 2.28 bits per heavy atom. The Balaban J connectivity index is 2.14. The summed E-state index contributed by atoms with van der Waals surface area (Å²) in [5, 5.41) is 4.06. The molecule has 2 heterocycles. The van der Waals surface area contributed by atoms with Gasteiger partial charge in [-0.1, -0.05) is 25.3 Å². The molecule has 2 rings (SSSR count). The summed E-state index contributed by atoms with van der Waals surface area (Å²) in [5.41, 5.74) is 6.84. The van der Waals surface area contributed by atoms with Crippen LogP contribution in [0.15, 0.2) is 0 Å². The van der Waals surface area contributed by atoms with Crippen molar-refractivity contribution in [3.8, 4) is 0 Å². The maximum Gasteiger partial charge on any atom is 0.267 e. The molecule has 0 aromatic carbocycles. The molecule has 0 radical (unpaired) electrons. The van der Waals surface area contributed by atoms with Crippen LogP contribution in [-0.2, 0) is 0 Å². The van der Waals surface area contributed by atoms with Gasteiger partial charge >= 0.3 is 0 Å². The lowest BCUT2D eigenvalue weighted by molar-refractivity contribution is 0.0675. The van der Waals surface area contributed by atoms with E-state index in [-0.39, 0.29) is 17.9 Å².